The van der Waals surface area contributed by atoms with Crippen molar-refractivity contribution < 1.29 is 10.2 Å². The minimum Gasteiger partial charge on any atom is -0.395 e. The van der Waals surface area contributed by atoms with Crippen LogP contribution in [-0.4, -0.2) is 46.5 Å². The molecular weight excluding hydrogens is 206 g/mol. The van der Waals surface area contributed by atoms with Crippen molar-refractivity contribution in [1.29, 1.82) is 0 Å². The van der Waals surface area contributed by atoms with Crippen molar-refractivity contribution in [2.45, 2.75) is 0 Å². The van der Waals surface area contributed by atoms with Gasteiger partial charge in [0.2, 0.25) is 5.95 Å². The molecule has 86 valence electrons. The van der Waals surface area contributed by atoms with Gasteiger partial charge in [-0.15, -0.1) is 0 Å². The van der Waals surface area contributed by atoms with E-state index in [0.29, 0.717) is 19.0 Å². The maximum atomic E-state index is 8.93. The first-order valence-corrected chi connectivity index (χ1v) is 5.26. The third-order valence-corrected chi connectivity index (χ3v) is 2.42. The van der Waals surface area contributed by atoms with Crippen molar-refractivity contribution in [2.75, 3.05) is 31.2 Å². The highest BCUT2D eigenvalue weighted by Crippen LogP contribution is 2.16. The Bertz CT molecular complexity index is 416. The summed E-state index contributed by atoms with van der Waals surface area (Å²) in [5, 5.41) is 17.9. The van der Waals surface area contributed by atoms with Gasteiger partial charge in [-0.3, -0.25) is 0 Å². The summed E-state index contributed by atoms with van der Waals surface area (Å²) in [6.45, 7) is 0.995. The van der Waals surface area contributed by atoms with Crippen molar-refractivity contribution in [2.24, 2.45) is 0 Å². The Balaban J connectivity index is 2.29. The number of benzene rings is 1. The fraction of sp³-hybridized carbons (Fsp3) is 0.364. The summed E-state index contributed by atoms with van der Waals surface area (Å²) in [6.07, 6.45) is 0. The van der Waals surface area contributed by atoms with Crippen LogP contribution in [0.2, 0.25) is 0 Å². The number of nitrogens with zero attached hydrogens (tertiary/aromatic N) is 2. The summed E-state index contributed by atoms with van der Waals surface area (Å²) >= 11 is 0. The molecule has 3 N–H and O–H groups in total. The van der Waals surface area contributed by atoms with Gasteiger partial charge in [0.05, 0.1) is 24.2 Å². The van der Waals surface area contributed by atoms with Gasteiger partial charge in [0.15, 0.2) is 0 Å². The van der Waals surface area contributed by atoms with Crippen LogP contribution in [0.25, 0.3) is 11.0 Å². The highest BCUT2D eigenvalue weighted by atomic mass is 16.3. The lowest BCUT2D eigenvalue weighted by Gasteiger charge is -2.19. The molecule has 1 aromatic heterocycles. The van der Waals surface area contributed by atoms with Crippen LogP contribution in [0, 0.1) is 0 Å². The molecule has 0 spiro atoms. The first-order chi connectivity index (χ1) is 7.85. The topological polar surface area (TPSA) is 72.4 Å². The fourth-order valence-electron chi connectivity index (χ4n) is 1.65. The summed E-state index contributed by atoms with van der Waals surface area (Å²) in [5.41, 5.74) is 1.84. The average Bonchev–Trinajstić information content (AvgIpc) is 2.72. The average molecular weight is 221 g/mol. The van der Waals surface area contributed by atoms with Gasteiger partial charge in [0, 0.05) is 13.1 Å². The molecule has 2 rings (SSSR count). The molecule has 16 heavy (non-hydrogen) atoms. The Kier molecular flexibility index (Phi) is 3.38. The van der Waals surface area contributed by atoms with E-state index in [-0.39, 0.29) is 13.2 Å². The SMILES string of the molecule is OCCN(CCO)c1nc2ccccc2[nH]1. The highest BCUT2D eigenvalue weighted by molar-refractivity contribution is 5.77. The number of imidazole rings is 1. The predicted octanol–water partition coefficient (Wildman–Crippen LogP) is 0.354. The number of hydrogen-bond donors (Lipinski definition) is 3. The molecule has 0 aliphatic carbocycles. The van der Waals surface area contributed by atoms with Gasteiger partial charge in [-0.05, 0) is 12.1 Å². The molecule has 0 saturated heterocycles. The van der Waals surface area contributed by atoms with Crippen molar-refractivity contribution >= 4 is 17.0 Å². The number of para-hydroxylation sites is 2. The van der Waals surface area contributed by atoms with Crippen molar-refractivity contribution in [1.82, 2.24) is 9.97 Å². The van der Waals surface area contributed by atoms with Crippen LogP contribution in [0.15, 0.2) is 24.3 Å². The lowest BCUT2D eigenvalue weighted by molar-refractivity contribution is 0.280. The monoisotopic (exact) mass is 221 g/mol. The summed E-state index contributed by atoms with van der Waals surface area (Å²) in [6, 6.07) is 7.73. The minimum absolute atomic E-state index is 0.0387. The van der Waals surface area contributed by atoms with Gasteiger partial charge in [-0.2, -0.15) is 0 Å². The van der Waals surface area contributed by atoms with Crippen LogP contribution in [0.3, 0.4) is 0 Å². The Morgan fingerprint density at radius 3 is 2.44 bits per heavy atom. The third kappa shape index (κ3) is 2.15. The number of aliphatic hydroxyl groups excluding tert-OH is 2. The third-order valence-electron chi connectivity index (χ3n) is 2.42. The van der Waals surface area contributed by atoms with Crippen LogP contribution < -0.4 is 4.90 Å². The number of H-pyrrole nitrogens is 1. The molecule has 5 nitrogen and oxygen atoms in total. The number of aromatic amines is 1. The minimum atomic E-state index is 0.0387. The Morgan fingerprint density at radius 2 is 1.81 bits per heavy atom. The molecule has 0 amide bonds. The maximum absolute atomic E-state index is 8.93. The Morgan fingerprint density at radius 1 is 1.12 bits per heavy atom. The number of nitrogens with one attached hydrogen (secondary N) is 1. The van der Waals surface area contributed by atoms with Crippen LogP contribution in [0.4, 0.5) is 5.95 Å². The number of hydrogen-bond acceptors (Lipinski definition) is 4. The normalized spacial score (nSPS) is 10.9. The number of rotatable bonds is 5. The van der Waals surface area contributed by atoms with Crippen LogP contribution in [0.5, 0.6) is 0 Å². The van der Waals surface area contributed by atoms with Crippen molar-refractivity contribution in [3.05, 3.63) is 24.3 Å². The van der Waals surface area contributed by atoms with Crippen molar-refractivity contribution in [3.63, 3.8) is 0 Å². The maximum Gasteiger partial charge on any atom is 0.203 e. The summed E-state index contributed by atoms with van der Waals surface area (Å²) in [4.78, 5) is 9.38. The number of aliphatic hydroxyl groups is 2. The lowest BCUT2D eigenvalue weighted by Crippen LogP contribution is -2.30. The van der Waals surface area contributed by atoms with E-state index >= 15 is 0 Å². The standard InChI is InChI=1S/C11H15N3O2/c15-7-5-14(6-8-16)11-12-9-3-1-2-4-10(9)13-11/h1-4,15-16H,5-8H2,(H,12,13). The van der Waals surface area contributed by atoms with Crippen LogP contribution in [-0.2, 0) is 0 Å². The second-order valence-corrected chi connectivity index (χ2v) is 3.51. The second-order valence-electron chi connectivity index (χ2n) is 3.51. The van der Waals surface area contributed by atoms with E-state index in [2.05, 4.69) is 9.97 Å². The van der Waals surface area contributed by atoms with E-state index in [9.17, 15) is 0 Å². The molecule has 0 atom stereocenters. The number of aromatic nitrogens is 2. The number of fused-ring (bicyclic) bond motifs is 1. The van der Waals surface area contributed by atoms with Gasteiger partial charge in [0.25, 0.3) is 0 Å². The molecule has 0 saturated carbocycles. The van der Waals surface area contributed by atoms with Crippen LogP contribution >= 0.6 is 0 Å². The largest absolute Gasteiger partial charge is 0.395 e. The van der Waals surface area contributed by atoms with Gasteiger partial charge in [0.1, 0.15) is 0 Å². The summed E-state index contributed by atoms with van der Waals surface area (Å²) in [5.74, 6) is 0.685. The summed E-state index contributed by atoms with van der Waals surface area (Å²) in [7, 11) is 0. The predicted molar refractivity (Wildman–Crippen MR) is 62.5 cm³/mol. The van der Waals surface area contributed by atoms with Gasteiger partial charge >= 0.3 is 0 Å². The molecule has 0 radical (unpaired) electrons. The molecule has 2 aromatic rings. The molecule has 0 aliphatic rings. The quantitative estimate of drug-likeness (QED) is 0.681. The van der Waals surface area contributed by atoms with E-state index in [0.717, 1.165) is 11.0 Å². The Labute approximate surface area is 93.3 Å². The van der Waals surface area contributed by atoms with E-state index in [1.165, 1.54) is 0 Å². The van der Waals surface area contributed by atoms with Gasteiger partial charge in [-0.1, -0.05) is 12.1 Å². The first kappa shape index (κ1) is 10.9. The fourth-order valence-corrected chi connectivity index (χ4v) is 1.65. The molecule has 0 aliphatic heterocycles. The molecule has 0 fully saturated rings. The van der Waals surface area contributed by atoms with Crippen molar-refractivity contribution in [3.8, 4) is 0 Å². The first-order valence-electron chi connectivity index (χ1n) is 5.26. The zero-order chi connectivity index (χ0) is 11.4. The molecule has 1 aromatic carbocycles. The zero-order valence-corrected chi connectivity index (χ0v) is 8.93. The van der Waals surface area contributed by atoms with E-state index in [1.54, 1.807) is 0 Å². The molecular formula is C11H15N3O2. The lowest BCUT2D eigenvalue weighted by atomic mass is 10.3. The molecule has 1 heterocycles. The zero-order valence-electron chi connectivity index (χ0n) is 8.93. The van der Waals surface area contributed by atoms with E-state index in [1.807, 2.05) is 29.2 Å². The molecule has 0 bridgehead atoms. The highest BCUT2D eigenvalue weighted by Gasteiger charge is 2.09. The van der Waals surface area contributed by atoms with E-state index < -0.39 is 0 Å². The van der Waals surface area contributed by atoms with Gasteiger partial charge in [-0.25, -0.2) is 4.98 Å². The Hall–Kier alpha value is -1.59. The smallest absolute Gasteiger partial charge is 0.203 e. The van der Waals surface area contributed by atoms with E-state index in [4.69, 9.17) is 10.2 Å². The summed E-state index contributed by atoms with van der Waals surface area (Å²) < 4.78 is 0. The molecule has 0 unspecified atom stereocenters. The number of anilines is 1. The molecule has 5 heteroatoms. The second kappa shape index (κ2) is 4.96. The van der Waals surface area contributed by atoms with Crippen LogP contribution in [0.1, 0.15) is 0 Å². The van der Waals surface area contributed by atoms with Gasteiger partial charge < -0.3 is 20.1 Å².